The van der Waals surface area contributed by atoms with Gasteiger partial charge in [-0.05, 0) is 86.2 Å². The summed E-state index contributed by atoms with van der Waals surface area (Å²) in [6.45, 7) is 1.90. The SMILES string of the molecule is CP1(=O)c2ccccc2-c2ccc(-c3cc(-c4ccc(-c5nc(-c6ccccc6)nc(-c6cccc(-c7ccccc7)c6)n5)cc4)c4ccccc4c3)cc21. The van der Waals surface area contributed by atoms with Gasteiger partial charge in [-0.25, -0.2) is 15.0 Å². The van der Waals surface area contributed by atoms with E-state index < -0.39 is 7.14 Å². The molecule has 5 heteroatoms. The lowest BCUT2D eigenvalue weighted by molar-refractivity contribution is 0.591. The highest BCUT2D eigenvalue weighted by Gasteiger charge is 2.34. The van der Waals surface area contributed by atoms with E-state index in [0.29, 0.717) is 17.5 Å². The molecule has 0 saturated carbocycles. The quantitative estimate of drug-likeness (QED) is 0.160. The molecule has 55 heavy (non-hydrogen) atoms. The largest absolute Gasteiger partial charge is 0.314 e. The van der Waals surface area contributed by atoms with Gasteiger partial charge in [-0.3, -0.25) is 0 Å². The maximum Gasteiger partial charge on any atom is 0.164 e. The standard InChI is InChI=1S/C50H34N3OP/c1-55(54)46-22-11-10-21-43(46)44-28-27-38(32-47(44)55)41-30-39-17-8-9-20-42(39)45(31-41)34-23-25-36(26-24-34)49-51-48(35-15-6-3-7-16-35)52-50(53-49)40-19-12-18-37(29-40)33-13-4-2-5-14-33/h2-32H,1H3. The van der Waals surface area contributed by atoms with Crippen molar-refractivity contribution >= 4 is 28.5 Å². The minimum Gasteiger partial charge on any atom is -0.314 e. The number of rotatable bonds is 6. The van der Waals surface area contributed by atoms with Crippen molar-refractivity contribution in [3.05, 3.63) is 188 Å². The second-order valence-electron chi connectivity index (χ2n) is 14.1. The summed E-state index contributed by atoms with van der Waals surface area (Å²) in [5.74, 6) is 1.86. The Morgan fingerprint density at radius 2 is 0.873 bits per heavy atom. The van der Waals surface area contributed by atoms with Gasteiger partial charge in [0.05, 0.1) is 0 Å². The lowest BCUT2D eigenvalue weighted by Crippen LogP contribution is -2.08. The van der Waals surface area contributed by atoms with Crippen LogP contribution < -0.4 is 10.6 Å². The van der Waals surface area contributed by atoms with Gasteiger partial charge in [0, 0.05) is 27.3 Å². The Balaban J connectivity index is 1.05. The molecule has 0 spiro atoms. The van der Waals surface area contributed by atoms with Crippen LogP contribution in [0.1, 0.15) is 0 Å². The molecular formula is C50H34N3OP. The first-order valence-electron chi connectivity index (χ1n) is 18.4. The fourth-order valence-corrected chi connectivity index (χ4v) is 10.2. The second-order valence-corrected chi connectivity index (χ2v) is 16.9. The van der Waals surface area contributed by atoms with Crippen LogP contribution in [0, 0.1) is 0 Å². The van der Waals surface area contributed by atoms with Crippen LogP contribution in [0.5, 0.6) is 0 Å². The first kappa shape index (κ1) is 32.9. The molecule has 0 radical (unpaired) electrons. The van der Waals surface area contributed by atoms with Gasteiger partial charge in [-0.1, -0.05) is 164 Å². The van der Waals surface area contributed by atoms with Crippen molar-refractivity contribution in [3.8, 4) is 78.7 Å². The second kappa shape index (κ2) is 13.3. The lowest BCUT2D eigenvalue weighted by atomic mass is 9.92. The van der Waals surface area contributed by atoms with Crippen LogP contribution in [0.25, 0.3) is 89.4 Å². The Hall–Kier alpha value is -6.74. The maximum absolute atomic E-state index is 14.2. The Morgan fingerprint density at radius 3 is 1.64 bits per heavy atom. The van der Waals surface area contributed by atoms with Gasteiger partial charge in [-0.2, -0.15) is 0 Å². The summed E-state index contributed by atoms with van der Waals surface area (Å²) in [5.41, 5.74) is 11.5. The van der Waals surface area contributed by atoms with Gasteiger partial charge >= 0.3 is 0 Å². The average molecular weight is 724 g/mol. The van der Waals surface area contributed by atoms with E-state index in [1.165, 1.54) is 5.39 Å². The van der Waals surface area contributed by atoms with Crippen molar-refractivity contribution in [3.63, 3.8) is 0 Å². The molecule has 1 atom stereocenters. The van der Waals surface area contributed by atoms with Gasteiger partial charge in [0.1, 0.15) is 7.14 Å². The highest BCUT2D eigenvalue weighted by molar-refractivity contribution is 7.79. The predicted molar refractivity (Wildman–Crippen MR) is 228 cm³/mol. The van der Waals surface area contributed by atoms with Gasteiger partial charge in [0.2, 0.25) is 0 Å². The molecule has 1 unspecified atom stereocenters. The summed E-state index contributed by atoms with van der Waals surface area (Å²) < 4.78 is 14.2. The predicted octanol–water partition coefficient (Wildman–Crippen LogP) is 12.0. The van der Waals surface area contributed by atoms with Crippen molar-refractivity contribution in [2.75, 3.05) is 6.66 Å². The number of hydrogen-bond donors (Lipinski definition) is 0. The molecule has 0 saturated heterocycles. The average Bonchev–Trinajstić information content (AvgIpc) is 3.49. The molecule has 1 aliphatic rings. The molecule has 1 aliphatic heterocycles. The van der Waals surface area contributed by atoms with Crippen molar-refractivity contribution in [1.82, 2.24) is 15.0 Å². The molecule has 0 N–H and O–H groups in total. The topological polar surface area (TPSA) is 55.7 Å². The summed E-state index contributed by atoms with van der Waals surface area (Å²) in [5, 5.41) is 4.20. The number of fused-ring (bicyclic) bond motifs is 4. The van der Waals surface area contributed by atoms with Crippen molar-refractivity contribution in [2.45, 2.75) is 0 Å². The van der Waals surface area contributed by atoms with Crippen molar-refractivity contribution in [1.29, 1.82) is 0 Å². The minimum atomic E-state index is -2.70. The summed E-state index contributed by atoms with van der Waals surface area (Å²) in [6.07, 6.45) is 0. The van der Waals surface area contributed by atoms with E-state index in [-0.39, 0.29) is 0 Å². The normalized spacial score (nSPS) is 14.4. The third-order valence-corrected chi connectivity index (χ3v) is 13.3. The molecular weight excluding hydrogens is 690 g/mol. The molecule has 260 valence electrons. The van der Waals surface area contributed by atoms with Crippen LogP contribution in [0.4, 0.5) is 0 Å². The van der Waals surface area contributed by atoms with Crippen LogP contribution >= 0.6 is 7.14 Å². The van der Waals surface area contributed by atoms with E-state index in [2.05, 4.69) is 133 Å². The van der Waals surface area contributed by atoms with Crippen molar-refractivity contribution < 1.29 is 4.57 Å². The zero-order chi connectivity index (χ0) is 36.9. The molecule has 9 aromatic rings. The molecule has 0 aliphatic carbocycles. The molecule has 1 aromatic heterocycles. The van der Waals surface area contributed by atoms with E-state index in [1.807, 2.05) is 61.3 Å². The fraction of sp³-hybridized carbons (Fsp3) is 0.0200. The number of benzene rings is 8. The lowest BCUT2D eigenvalue weighted by Gasteiger charge is -2.14. The highest BCUT2D eigenvalue weighted by atomic mass is 31.2. The summed E-state index contributed by atoms with van der Waals surface area (Å²) in [6, 6.07) is 64.9. The number of aromatic nitrogens is 3. The first-order valence-corrected chi connectivity index (χ1v) is 20.6. The summed E-state index contributed by atoms with van der Waals surface area (Å²) in [4.78, 5) is 15.0. The zero-order valence-corrected chi connectivity index (χ0v) is 31.0. The molecule has 10 rings (SSSR count). The van der Waals surface area contributed by atoms with Crippen LogP contribution in [-0.4, -0.2) is 21.6 Å². The van der Waals surface area contributed by atoms with E-state index in [9.17, 15) is 4.57 Å². The van der Waals surface area contributed by atoms with Gasteiger partial charge in [0.15, 0.2) is 17.5 Å². The first-order chi connectivity index (χ1) is 27.0. The van der Waals surface area contributed by atoms with Crippen molar-refractivity contribution in [2.24, 2.45) is 0 Å². The summed E-state index contributed by atoms with van der Waals surface area (Å²) in [7, 11) is -2.70. The van der Waals surface area contributed by atoms with Crippen LogP contribution in [0.3, 0.4) is 0 Å². The molecule has 0 fully saturated rings. The molecule has 4 nitrogen and oxygen atoms in total. The van der Waals surface area contributed by atoms with Gasteiger partial charge in [-0.15, -0.1) is 0 Å². The Morgan fingerprint density at radius 1 is 0.345 bits per heavy atom. The Bertz CT molecular complexity index is 2960. The Kier molecular flexibility index (Phi) is 7.94. The Labute approximate surface area is 320 Å². The minimum absolute atomic E-state index is 0.613. The molecule has 0 amide bonds. The van der Waals surface area contributed by atoms with Gasteiger partial charge < -0.3 is 4.57 Å². The van der Waals surface area contributed by atoms with E-state index in [0.717, 1.165) is 77.2 Å². The zero-order valence-electron chi connectivity index (χ0n) is 30.1. The third-order valence-electron chi connectivity index (χ3n) is 10.7. The smallest absolute Gasteiger partial charge is 0.164 e. The highest BCUT2D eigenvalue weighted by Crippen LogP contribution is 2.50. The summed E-state index contributed by atoms with van der Waals surface area (Å²) >= 11 is 0. The van der Waals surface area contributed by atoms with E-state index in [1.54, 1.807) is 0 Å². The van der Waals surface area contributed by atoms with E-state index in [4.69, 9.17) is 15.0 Å². The number of nitrogens with zero attached hydrogens (tertiary/aromatic N) is 3. The van der Waals surface area contributed by atoms with E-state index >= 15 is 0 Å². The molecule has 0 bridgehead atoms. The maximum atomic E-state index is 14.2. The fourth-order valence-electron chi connectivity index (χ4n) is 7.83. The van der Waals surface area contributed by atoms with Crippen LogP contribution in [0.15, 0.2) is 188 Å². The molecule has 2 heterocycles. The van der Waals surface area contributed by atoms with Gasteiger partial charge in [0.25, 0.3) is 0 Å². The van der Waals surface area contributed by atoms with Crippen LogP contribution in [0.2, 0.25) is 0 Å². The van der Waals surface area contributed by atoms with Crippen LogP contribution in [-0.2, 0) is 4.57 Å². The number of hydrogen-bond acceptors (Lipinski definition) is 4. The third kappa shape index (κ3) is 5.88. The monoisotopic (exact) mass is 723 g/mol. The molecule has 8 aromatic carbocycles.